The molecule has 0 spiro atoms. The topological polar surface area (TPSA) is 111 Å². The summed E-state index contributed by atoms with van der Waals surface area (Å²) in [6, 6.07) is 8.00. The number of hydrogen-bond acceptors (Lipinski definition) is 5. The Hall–Kier alpha value is -3.49. The van der Waals surface area contributed by atoms with Gasteiger partial charge in [0.05, 0.1) is 28.5 Å². The number of nitro benzene ring substituents is 1. The standard InChI is InChI=1S/C16H14FN3O5/c1-2-25-15(21)11-5-3-4-6-13(11)18-16(22)19-14-9-10(20(23)24)7-8-12(14)17/h3-9H,2H2,1H3,(H2,18,19,22). The maximum Gasteiger partial charge on any atom is 0.340 e. The van der Waals surface area contributed by atoms with E-state index >= 15 is 0 Å². The first kappa shape index (κ1) is 17.9. The molecule has 0 saturated carbocycles. The minimum atomic E-state index is -0.865. The van der Waals surface area contributed by atoms with Crippen molar-refractivity contribution in [3.63, 3.8) is 0 Å². The van der Waals surface area contributed by atoms with E-state index in [1.165, 1.54) is 12.1 Å². The second kappa shape index (κ2) is 7.86. The molecule has 0 aliphatic heterocycles. The number of esters is 1. The summed E-state index contributed by atoms with van der Waals surface area (Å²) < 4.78 is 18.6. The molecule has 0 saturated heterocycles. The molecule has 0 aliphatic rings. The van der Waals surface area contributed by atoms with Crippen LogP contribution >= 0.6 is 0 Å². The summed E-state index contributed by atoms with van der Waals surface area (Å²) in [5.74, 6) is -1.46. The zero-order chi connectivity index (χ0) is 18.4. The number of anilines is 2. The van der Waals surface area contributed by atoms with Gasteiger partial charge >= 0.3 is 12.0 Å². The molecule has 2 rings (SSSR count). The van der Waals surface area contributed by atoms with Crippen LogP contribution in [0.4, 0.5) is 26.2 Å². The third-order valence-corrected chi connectivity index (χ3v) is 3.08. The average Bonchev–Trinajstić information content (AvgIpc) is 2.57. The number of amides is 2. The van der Waals surface area contributed by atoms with Crippen LogP contribution < -0.4 is 10.6 Å². The van der Waals surface area contributed by atoms with Crippen LogP contribution in [-0.4, -0.2) is 23.5 Å². The van der Waals surface area contributed by atoms with Crippen molar-refractivity contribution >= 4 is 29.1 Å². The number of para-hydroxylation sites is 1. The van der Waals surface area contributed by atoms with Crippen molar-refractivity contribution in [3.8, 4) is 0 Å². The third kappa shape index (κ3) is 4.50. The predicted octanol–water partition coefficient (Wildman–Crippen LogP) is 3.55. The summed E-state index contributed by atoms with van der Waals surface area (Å²) in [4.78, 5) is 33.9. The van der Waals surface area contributed by atoms with Crippen LogP contribution in [-0.2, 0) is 4.74 Å². The Morgan fingerprint density at radius 3 is 2.52 bits per heavy atom. The Kier molecular flexibility index (Phi) is 5.62. The number of nitrogens with one attached hydrogen (secondary N) is 2. The highest BCUT2D eigenvalue weighted by Gasteiger charge is 2.16. The number of ether oxygens (including phenoxy) is 1. The Morgan fingerprint density at radius 1 is 1.16 bits per heavy atom. The molecular formula is C16H14FN3O5. The molecule has 2 N–H and O–H groups in total. The number of hydrogen-bond donors (Lipinski definition) is 2. The van der Waals surface area contributed by atoms with Gasteiger partial charge in [-0.2, -0.15) is 0 Å². The molecule has 2 amide bonds. The third-order valence-electron chi connectivity index (χ3n) is 3.08. The second-order valence-electron chi connectivity index (χ2n) is 4.77. The van der Waals surface area contributed by atoms with Gasteiger partial charge in [0.1, 0.15) is 5.82 Å². The molecule has 0 bridgehead atoms. The van der Waals surface area contributed by atoms with Gasteiger partial charge in [-0.15, -0.1) is 0 Å². The van der Waals surface area contributed by atoms with E-state index in [2.05, 4.69) is 10.6 Å². The van der Waals surface area contributed by atoms with Crippen molar-refractivity contribution in [2.24, 2.45) is 0 Å². The molecule has 0 fully saturated rings. The summed E-state index contributed by atoms with van der Waals surface area (Å²) in [5.41, 5.74) is -0.452. The zero-order valence-corrected chi connectivity index (χ0v) is 13.1. The average molecular weight is 347 g/mol. The summed E-state index contributed by atoms with van der Waals surface area (Å²) >= 11 is 0. The van der Waals surface area contributed by atoms with Crippen molar-refractivity contribution in [1.82, 2.24) is 0 Å². The molecule has 8 nitrogen and oxygen atoms in total. The van der Waals surface area contributed by atoms with E-state index < -0.39 is 22.7 Å². The molecule has 0 unspecified atom stereocenters. The number of benzene rings is 2. The highest BCUT2D eigenvalue weighted by molar-refractivity contribution is 6.05. The van der Waals surface area contributed by atoms with Gasteiger partial charge in [-0.05, 0) is 25.1 Å². The summed E-state index contributed by atoms with van der Waals surface area (Å²) in [6.45, 7) is 1.81. The minimum absolute atomic E-state index is 0.124. The molecule has 130 valence electrons. The largest absolute Gasteiger partial charge is 0.462 e. The zero-order valence-electron chi connectivity index (χ0n) is 13.1. The lowest BCUT2D eigenvalue weighted by Crippen LogP contribution is -2.22. The number of urea groups is 1. The summed E-state index contributed by atoms with van der Waals surface area (Å²) in [6.07, 6.45) is 0. The van der Waals surface area contributed by atoms with Gasteiger partial charge in [-0.25, -0.2) is 14.0 Å². The monoisotopic (exact) mass is 347 g/mol. The van der Waals surface area contributed by atoms with E-state index in [9.17, 15) is 24.1 Å². The van der Waals surface area contributed by atoms with Crippen molar-refractivity contribution in [3.05, 3.63) is 64.0 Å². The van der Waals surface area contributed by atoms with Crippen molar-refractivity contribution in [1.29, 1.82) is 0 Å². The number of nitro groups is 1. The molecule has 2 aromatic rings. The van der Waals surface area contributed by atoms with Gasteiger partial charge in [-0.1, -0.05) is 12.1 Å². The van der Waals surface area contributed by atoms with Crippen LogP contribution in [0, 0.1) is 15.9 Å². The Bertz CT molecular complexity index is 825. The summed E-state index contributed by atoms with van der Waals surface area (Å²) in [5, 5.41) is 15.3. The highest BCUT2D eigenvalue weighted by atomic mass is 19.1. The van der Waals surface area contributed by atoms with E-state index in [-0.39, 0.29) is 29.2 Å². The van der Waals surface area contributed by atoms with Gasteiger partial charge in [-0.3, -0.25) is 10.1 Å². The van der Waals surface area contributed by atoms with Gasteiger partial charge in [0.25, 0.3) is 5.69 Å². The Labute approximate surface area is 141 Å². The number of non-ortho nitro benzene ring substituents is 1. The van der Waals surface area contributed by atoms with E-state index in [0.717, 1.165) is 18.2 Å². The van der Waals surface area contributed by atoms with Crippen LogP contribution in [0.3, 0.4) is 0 Å². The summed E-state index contributed by atoms with van der Waals surface area (Å²) in [7, 11) is 0. The Morgan fingerprint density at radius 2 is 1.84 bits per heavy atom. The molecule has 0 radical (unpaired) electrons. The van der Waals surface area contributed by atoms with Crippen LogP contribution in [0.5, 0.6) is 0 Å². The molecule has 2 aromatic carbocycles. The van der Waals surface area contributed by atoms with Gasteiger partial charge in [0.2, 0.25) is 0 Å². The highest BCUT2D eigenvalue weighted by Crippen LogP contribution is 2.22. The first-order chi connectivity index (χ1) is 11.9. The van der Waals surface area contributed by atoms with Crippen molar-refractivity contribution in [2.75, 3.05) is 17.2 Å². The van der Waals surface area contributed by atoms with Crippen LogP contribution in [0.25, 0.3) is 0 Å². The fourth-order valence-corrected chi connectivity index (χ4v) is 1.98. The van der Waals surface area contributed by atoms with E-state index in [4.69, 9.17) is 4.74 Å². The lowest BCUT2D eigenvalue weighted by Gasteiger charge is -2.11. The van der Waals surface area contributed by atoms with Crippen molar-refractivity contribution in [2.45, 2.75) is 6.92 Å². The molecular weight excluding hydrogens is 333 g/mol. The molecule has 0 heterocycles. The number of rotatable bonds is 5. The van der Waals surface area contributed by atoms with E-state index in [1.54, 1.807) is 19.1 Å². The lowest BCUT2D eigenvalue weighted by molar-refractivity contribution is -0.384. The van der Waals surface area contributed by atoms with Crippen LogP contribution in [0.2, 0.25) is 0 Å². The molecule has 0 atom stereocenters. The Balaban J connectivity index is 2.18. The smallest absolute Gasteiger partial charge is 0.340 e. The lowest BCUT2D eigenvalue weighted by atomic mass is 10.2. The SMILES string of the molecule is CCOC(=O)c1ccccc1NC(=O)Nc1cc([N+](=O)[O-])ccc1F. The quantitative estimate of drug-likeness (QED) is 0.488. The first-order valence-electron chi connectivity index (χ1n) is 7.20. The van der Waals surface area contributed by atoms with Crippen molar-refractivity contribution < 1.29 is 23.6 Å². The van der Waals surface area contributed by atoms with Gasteiger partial charge in [0.15, 0.2) is 0 Å². The number of carbonyl (C=O) groups excluding carboxylic acids is 2. The molecule has 9 heteroatoms. The second-order valence-corrected chi connectivity index (χ2v) is 4.77. The van der Waals surface area contributed by atoms with Crippen LogP contribution in [0.1, 0.15) is 17.3 Å². The van der Waals surface area contributed by atoms with E-state index in [0.29, 0.717) is 0 Å². The predicted molar refractivity (Wildman–Crippen MR) is 88.1 cm³/mol. The van der Waals surface area contributed by atoms with E-state index in [1.807, 2.05) is 0 Å². The van der Waals surface area contributed by atoms with Gasteiger partial charge in [0, 0.05) is 12.1 Å². The van der Waals surface area contributed by atoms with Gasteiger partial charge < -0.3 is 15.4 Å². The maximum atomic E-state index is 13.7. The number of carbonyl (C=O) groups is 2. The fourth-order valence-electron chi connectivity index (χ4n) is 1.98. The van der Waals surface area contributed by atoms with Crippen LogP contribution in [0.15, 0.2) is 42.5 Å². The molecule has 25 heavy (non-hydrogen) atoms. The number of halogens is 1. The maximum absolute atomic E-state index is 13.7. The fraction of sp³-hybridized carbons (Fsp3) is 0.125. The normalized spacial score (nSPS) is 10.0. The molecule has 0 aliphatic carbocycles. The first-order valence-corrected chi connectivity index (χ1v) is 7.20. The molecule has 0 aromatic heterocycles. The minimum Gasteiger partial charge on any atom is -0.462 e. The number of nitrogens with zero attached hydrogens (tertiary/aromatic N) is 1.